The van der Waals surface area contributed by atoms with E-state index in [9.17, 15) is 35.9 Å². The Morgan fingerprint density at radius 1 is 1.00 bits per heavy atom. The van der Waals surface area contributed by atoms with E-state index in [1.54, 1.807) is 51.4 Å². The summed E-state index contributed by atoms with van der Waals surface area (Å²) in [5, 5.41) is 0. The number of pyridine rings is 1. The van der Waals surface area contributed by atoms with E-state index in [0.29, 0.717) is 41.3 Å². The van der Waals surface area contributed by atoms with Crippen LogP contribution in [0.15, 0.2) is 48.8 Å². The van der Waals surface area contributed by atoms with Crippen LogP contribution in [0.25, 0.3) is 11.3 Å². The minimum absolute atomic E-state index is 0.0455. The van der Waals surface area contributed by atoms with Crippen LogP contribution in [0.5, 0.6) is 0 Å². The van der Waals surface area contributed by atoms with Gasteiger partial charge in [-0.3, -0.25) is 9.47 Å². The summed E-state index contributed by atoms with van der Waals surface area (Å²) >= 11 is 0. The predicted octanol–water partition coefficient (Wildman–Crippen LogP) is 9.61. The molecule has 1 saturated carbocycles. The van der Waals surface area contributed by atoms with Crippen LogP contribution in [0, 0.1) is 0 Å². The van der Waals surface area contributed by atoms with Crippen LogP contribution in [0.1, 0.15) is 95.1 Å². The molecule has 0 bridgehead atoms. The Morgan fingerprint density at radius 2 is 1.63 bits per heavy atom. The number of nitrogens with zero attached hydrogens (tertiary/aromatic N) is 4. The van der Waals surface area contributed by atoms with Crippen molar-refractivity contribution >= 4 is 18.0 Å². The molecule has 5 rings (SSSR count). The first-order valence-electron chi connectivity index (χ1n) is 16.3. The van der Waals surface area contributed by atoms with Crippen LogP contribution in [0.4, 0.5) is 41.7 Å². The maximum atomic E-state index is 13.7. The summed E-state index contributed by atoms with van der Waals surface area (Å²) in [4.78, 5) is 34.7. The highest BCUT2D eigenvalue weighted by molar-refractivity contribution is 5.79. The molecular formula is C35H40F6N4O4. The average molecular weight is 695 g/mol. The first-order chi connectivity index (χ1) is 22.9. The molecule has 1 saturated heterocycles. The number of halogens is 6. The van der Waals surface area contributed by atoms with E-state index in [2.05, 4.69) is 4.90 Å². The van der Waals surface area contributed by atoms with Gasteiger partial charge in [0, 0.05) is 36.1 Å². The predicted molar refractivity (Wildman–Crippen MR) is 170 cm³/mol. The average Bonchev–Trinajstić information content (AvgIpc) is 3.62. The zero-order valence-electron chi connectivity index (χ0n) is 28.0. The molecular weight excluding hydrogens is 654 g/mol. The highest BCUT2D eigenvalue weighted by Crippen LogP contribution is 2.42. The Hall–Kier alpha value is -4.23. The van der Waals surface area contributed by atoms with E-state index >= 15 is 0 Å². The summed E-state index contributed by atoms with van der Waals surface area (Å²) < 4.78 is 94.3. The molecule has 8 nitrogen and oxygen atoms in total. The molecule has 0 unspecified atom stereocenters. The zero-order chi connectivity index (χ0) is 35.9. The number of ether oxygens (including phenoxy) is 2. The molecule has 266 valence electrons. The fourth-order valence-corrected chi connectivity index (χ4v) is 6.56. The van der Waals surface area contributed by atoms with E-state index < -0.39 is 59.0 Å². The molecule has 1 aromatic carbocycles. The molecule has 0 N–H and O–H groups in total. The third kappa shape index (κ3) is 7.99. The molecule has 49 heavy (non-hydrogen) atoms. The molecule has 3 heterocycles. The van der Waals surface area contributed by atoms with Gasteiger partial charge in [-0.15, -0.1) is 0 Å². The number of rotatable bonds is 7. The Kier molecular flexibility index (Phi) is 10.00. The lowest BCUT2D eigenvalue weighted by molar-refractivity contribution is -0.143. The number of aromatic nitrogens is 2. The Morgan fingerprint density at radius 3 is 2.20 bits per heavy atom. The van der Waals surface area contributed by atoms with Gasteiger partial charge < -0.3 is 14.4 Å². The van der Waals surface area contributed by atoms with Gasteiger partial charge in [-0.2, -0.15) is 26.3 Å². The van der Waals surface area contributed by atoms with Crippen molar-refractivity contribution in [2.45, 2.75) is 109 Å². The van der Waals surface area contributed by atoms with Crippen LogP contribution >= 0.6 is 0 Å². The summed E-state index contributed by atoms with van der Waals surface area (Å²) in [5.74, 6) is 0.593. The maximum Gasteiger partial charge on any atom is 0.418 e. The van der Waals surface area contributed by atoms with Crippen LogP contribution in [-0.4, -0.2) is 50.9 Å². The van der Waals surface area contributed by atoms with Crippen molar-refractivity contribution in [2.24, 2.45) is 0 Å². The lowest BCUT2D eigenvalue weighted by Gasteiger charge is -2.36. The number of amides is 1. The minimum atomic E-state index is -5.05. The normalized spacial score (nSPS) is 19.2. The standard InChI is InChI=1S/C35H40F6N4O4/c1-6-43(27-11-8-7-9-12-27)30-24(15-23(19-42-30)28-13-10-14-44(28)32(47)49-33(3,4)5)20-45-21(2)29(48-31(45)46)22-16-25(34(36,37)38)18-26(17-22)35(39,40)41/h10,13-19,21,27,29H,6-9,11-12,20H2,1-5H3/t21-,29-/m0/s1. The van der Waals surface area contributed by atoms with Crippen LogP contribution in [0.3, 0.4) is 0 Å². The highest BCUT2D eigenvalue weighted by Gasteiger charge is 2.44. The smallest absolute Gasteiger partial charge is 0.418 e. The molecule has 1 aliphatic heterocycles. The molecule has 2 aromatic heterocycles. The lowest BCUT2D eigenvalue weighted by atomic mass is 9.93. The second-order valence-electron chi connectivity index (χ2n) is 13.5. The summed E-state index contributed by atoms with van der Waals surface area (Å²) in [6.07, 6.45) is -4.70. The van der Waals surface area contributed by atoms with Crippen molar-refractivity contribution in [1.29, 1.82) is 0 Å². The molecule has 1 amide bonds. The number of hydrogen-bond donors (Lipinski definition) is 0. The van der Waals surface area contributed by atoms with Gasteiger partial charge in [0.25, 0.3) is 0 Å². The van der Waals surface area contributed by atoms with Crippen molar-refractivity contribution in [3.05, 3.63) is 71.0 Å². The second kappa shape index (κ2) is 13.6. The molecule has 2 aliphatic rings. The fraction of sp³-hybridized carbons (Fsp3) is 0.514. The van der Waals surface area contributed by atoms with Gasteiger partial charge in [0.2, 0.25) is 0 Å². The largest absolute Gasteiger partial charge is 0.443 e. The van der Waals surface area contributed by atoms with Gasteiger partial charge in [-0.25, -0.2) is 14.6 Å². The molecule has 0 radical (unpaired) electrons. The van der Waals surface area contributed by atoms with Crippen LogP contribution in [-0.2, 0) is 28.4 Å². The third-order valence-corrected chi connectivity index (χ3v) is 8.88. The Balaban J connectivity index is 1.54. The molecule has 2 atom stereocenters. The van der Waals surface area contributed by atoms with Gasteiger partial charge in [-0.1, -0.05) is 19.3 Å². The van der Waals surface area contributed by atoms with E-state index in [1.807, 2.05) is 6.92 Å². The van der Waals surface area contributed by atoms with Crippen LogP contribution < -0.4 is 4.90 Å². The van der Waals surface area contributed by atoms with E-state index in [1.165, 1.54) is 16.4 Å². The maximum absolute atomic E-state index is 13.7. The van der Waals surface area contributed by atoms with Gasteiger partial charge in [0.1, 0.15) is 17.5 Å². The monoisotopic (exact) mass is 694 g/mol. The summed E-state index contributed by atoms with van der Waals surface area (Å²) in [7, 11) is 0. The molecule has 2 fully saturated rings. The van der Waals surface area contributed by atoms with Crippen LogP contribution in [0.2, 0.25) is 0 Å². The van der Waals surface area contributed by atoms with E-state index in [-0.39, 0.29) is 18.7 Å². The number of anilines is 1. The number of carbonyl (C=O) groups excluding carboxylic acids is 2. The SMILES string of the molecule is CCN(c1ncc(-c2cccn2C(=O)OC(C)(C)C)cc1CN1C(=O)O[C@H](c2cc(C(F)(F)F)cc(C(F)(F)F)c2)[C@@H]1C)C1CCCCC1. The third-order valence-electron chi connectivity index (χ3n) is 8.88. The van der Waals surface area contributed by atoms with Gasteiger partial charge in [0.15, 0.2) is 0 Å². The van der Waals surface area contributed by atoms with Crippen molar-refractivity contribution in [3.63, 3.8) is 0 Å². The van der Waals surface area contributed by atoms with Crippen molar-refractivity contribution in [1.82, 2.24) is 14.5 Å². The number of alkyl halides is 6. The quantitative estimate of drug-likeness (QED) is 0.229. The van der Waals surface area contributed by atoms with Gasteiger partial charge >= 0.3 is 24.5 Å². The van der Waals surface area contributed by atoms with Crippen molar-refractivity contribution < 1.29 is 45.4 Å². The summed E-state index contributed by atoms with van der Waals surface area (Å²) in [6.45, 7) is 9.27. The molecule has 14 heteroatoms. The second-order valence-corrected chi connectivity index (χ2v) is 13.5. The molecule has 1 aliphatic carbocycles. The highest BCUT2D eigenvalue weighted by atomic mass is 19.4. The zero-order valence-corrected chi connectivity index (χ0v) is 28.0. The van der Waals surface area contributed by atoms with Gasteiger partial charge in [-0.05, 0) is 89.4 Å². The molecule has 3 aromatic rings. The minimum Gasteiger partial charge on any atom is -0.443 e. The Bertz CT molecular complexity index is 1640. The van der Waals surface area contributed by atoms with E-state index in [0.717, 1.165) is 32.1 Å². The lowest BCUT2D eigenvalue weighted by Crippen LogP contribution is -2.39. The van der Waals surface area contributed by atoms with Crippen molar-refractivity contribution in [2.75, 3.05) is 11.4 Å². The van der Waals surface area contributed by atoms with E-state index in [4.69, 9.17) is 14.5 Å². The Labute approximate surface area is 281 Å². The summed E-state index contributed by atoms with van der Waals surface area (Å²) in [5.41, 5.74) is -2.55. The number of benzene rings is 1. The number of cyclic esters (lactones) is 1. The first kappa shape index (κ1) is 36.1. The van der Waals surface area contributed by atoms with Crippen molar-refractivity contribution in [3.8, 4) is 11.3 Å². The summed E-state index contributed by atoms with van der Waals surface area (Å²) in [6, 6.07) is 5.67. The fourth-order valence-electron chi connectivity index (χ4n) is 6.56. The number of carbonyl (C=O) groups is 2. The van der Waals surface area contributed by atoms with Gasteiger partial charge in [0.05, 0.1) is 29.4 Å². The topological polar surface area (TPSA) is 76.9 Å². The molecule has 0 spiro atoms. The number of hydrogen-bond acceptors (Lipinski definition) is 6. The first-order valence-corrected chi connectivity index (χ1v) is 16.3.